The lowest BCUT2D eigenvalue weighted by Gasteiger charge is -2.28. The van der Waals surface area contributed by atoms with Crippen molar-refractivity contribution in [2.75, 3.05) is 40.5 Å². The van der Waals surface area contributed by atoms with Crippen LogP contribution in [0, 0.1) is 0 Å². The number of methoxy groups -OCH3 is 2. The first-order valence-corrected chi connectivity index (χ1v) is 5.72. The van der Waals surface area contributed by atoms with E-state index >= 15 is 0 Å². The second-order valence-corrected chi connectivity index (χ2v) is 4.26. The molecular weight excluding hydrogens is 208 g/mol. The molecule has 0 spiro atoms. The van der Waals surface area contributed by atoms with Crippen LogP contribution in [0.4, 0.5) is 0 Å². The molecule has 0 aromatic heterocycles. The first kappa shape index (κ1) is 13.4. The Morgan fingerprint density at radius 1 is 1.44 bits per heavy atom. The van der Waals surface area contributed by atoms with Gasteiger partial charge in [-0.15, -0.1) is 0 Å². The van der Waals surface area contributed by atoms with Gasteiger partial charge in [0.05, 0.1) is 18.8 Å². The van der Waals surface area contributed by atoms with E-state index in [1.165, 1.54) is 0 Å². The van der Waals surface area contributed by atoms with E-state index in [2.05, 4.69) is 10.6 Å². The summed E-state index contributed by atoms with van der Waals surface area (Å²) in [5.41, 5.74) is -0.0719. The highest BCUT2D eigenvalue weighted by Crippen LogP contribution is 2.18. The van der Waals surface area contributed by atoms with Gasteiger partial charge in [0.1, 0.15) is 0 Å². The molecule has 1 unspecified atom stereocenters. The molecule has 1 saturated heterocycles. The molecule has 1 rings (SSSR count). The van der Waals surface area contributed by atoms with Crippen molar-refractivity contribution in [3.8, 4) is 0 Å². The maximum atomic E-state index is 11.4. The summed E-state index contributed by atoms with van der Waals surface area (Å²) in [5.74, 6) is 0.0334. The van der Waals surface area contributed by atoms with Crippen molar-refractivity contribution in [2.24, 2.45) is 0 Å². The molecule has 1 fully saturated rings. The zero-order valence-corrected chi connectivity index (χ0v) is 10.2. The topological polar surface area (TPSA) is 59.6 Å². The summed E-state index contributed by atoms with van der Waals surface area (Å²) in [6.45, 7) is 2.73. The van der Waals surface area contributed by atoms with Crippen LogP contribution in [0.25, 0.3) is 0 Å². The summed E-state index contributed by atoms with van der Waals surface area (Å²) >= 11 is 0. The molecule has 5 heteroatoms. The third-order valence-electron chi connectivity index (χ3n) is 2.91. The monoisotopic (exact) mass is 230 g/mol. The van der Waals surface area contributed by atoms with Crippen molar-refractivity contribution >= 4 is 5.91 Å². The number of hydrogen-bond donors (Lipinski definition) is 2. The van der Waals surface area contributed by atoms with E-state index in [1.54, 1.807) is 14.2 Å². The molecule has 1 amide bonds. The van der Waals surface area contributed by atoms with Crippen LogP contribution in [0.5, 0.6) is 0 Å². The van der Waals surface area contributed by atoms with Gasteiger partial charge in [-0.2, -0.15) is 0 Å². The number of amides is 1. The summed E-state index contributed by atoms with van der Waals surface area (Å²) in [6, 6.07) is 0. The molecule has 5 nitrogen and oxygen atoms in total. The van der Waals surface area contributed by atoms with Crippen LogP contribution < -0.4 is 10.6 Å². The number of carbonyl (C=O) groups excluding carboxylic acids is 1. The highest BCUT2D eigenvalue weighted by molar-refractivity contribution is 5.76. The maximum absolute atomic E-state index is 11.4. The van der Waals surface area contributed by atoms with E-state index in [9.17, 15) is 4.79 Å². The zero-order valence-electron chi connectivity index (χ0n) is 10.2. The van der Waals surface area contributed by atoms with Crippen LogP contribution in [-0.2, 0) is 14.3 Å². The molecule has 0 saturated carbocycles. The van der Waals surface area contributed by atoms with Crippen LogP contribution in [0.2, 0.25) is 0 Å². The SMILES string of the molecule is COCCC(=O)NCC1(COC)CCCN1. The fraction of sp³-hybridized carbons (Fsp3) is 0.909. The maximum Gasteiger partial charge on any atom is 0.222 e. The number of hydrogen-bond acceptors (Lipinski definition) is 4. The standard InChI is InChI=1S/C11H22N2O3/c1-15-7-4-10(14)12-8-11(9-16-2)5-3-6-13-11/h13H,3-9H2,1-2H3,(H,12,14). The van der Waals surface area contributed by atoms with Gasteiger partial charge in [-0.05, 0) is 19.4 Å². The van der Waals surface area contributed by atoms with Crippen LogP contribution in [0.1, 0.15) is 19.3 Å². The molecule has 94 valence electrons. The fourth-order valence-corrected chi connectivity index (χ4v) is 2.02. The van der Waals surface area contributed by atoms with Gasteiger partial charge in [0.15, 0.2) is 0 Å². The van der Waals surface area contributed by atoms with Gasteiger partial charge in [0, 0.05) is 27.2 Å². The van der Waals surface area contributed by atoms with E-state index in [1.807, 2.05) is 0 Å². The Morgan fingerprint density at radius 2 is 2.25 bits per heavy atom. The lowest BCUT2D eigenvalue weighted by Crippen LogP contribution is -2.53. The minimum Gasteiger partial charge on any atom is -0.384 e. The minimum atomic E-state index is -0.0719. The number of carbonyl (C=O) groups is 1. The summed E-state index contributed by atoms with van der Waals surface area (Å²) in [4.78, 5) is 11.4. The fourth-order valence-electron chi connectivity index (χ4n) is 2.02. The Balaban J connectivity index is 2.29. The van der Waals surface area contributed by atoms with Crippen molar-refractivity contribution in [3.05, 3.63) is 0 Å². The molecule has 1 atom stereocenters. The molecule has 1 aliphatic heterocycles. The Bertz CT molecular complexity index is 215. The van der Waals surface area contributed by atoms with E-state index in [0.29, 0.717) is 26.2 Å². The van der Waals surface area contributed by atoms with Crippen LogP contribution in [0.3, 0.4) is 0 Å². The average Bonchev–Trinajstić information content (AvgIpc) is 2.73. The molecule has 0 aromatic rings. The normalized spacial score (nSPS) is 24.6. The highest BCUT2D eigenvalue weighted by Gasteiger charge is 2.33. The predicted molar refractivity (Wildman–Crippen MR) is 61.3 cm³/mol. The van der Waals surface area contributed by atoms with E-state index in [-0.39, 0.29) is 11.4 Å². The molecular formula is C11H22N2O3. The van der Waals surface area contributed by atoms with Gasteiger partial charge in [-0.1, -0.05) is 0 Å². The third-order valence-corrected chi connectivity index (χ3v) is 2.91. The van der Waals surface area contributed by atoms with Crippen molar-refractivity contribution < 1.29 is 14.3 Å². The second kappa shape index (κ2) is 6.83. The number of nitrogens with one attached hydrogen (secondary N) is 2. The first-order valence-electron chi connectivity index (χ1n) is 5.72. The van der Waals surface area contributed by atoms with E-state index in [0.717, 1.165) is 19.4 Å². The molecule has 0 bridgehead atoms. The summed E-state index contributed by atoms with van der Waals surface area (Å²) in [7, 11) is 3.28. The molecule has 16 heavy (non-hydrogen) atoms. The van der Waals surface area contributed by atoms with Crippen molar-refractivity contribution in [1.29, 1.82) is 0 Å². The van der Waals surface area contributed by atoms with Crippen molar-refractivity contribution in [3.63, 3.8) is 0 Å². The quantitative estimate of drug-likeness (QED) is 0.641. The van der Waals surface area contributed by atoms with E-state index < -0.39 is 0 Å². The van der Waals surface area contributed by atoms with Gasteiger partial charge >= 0.3 is 0 Å². The van der Waals surface area contributed by atoms with Crippen LogP contribution in [-0.4, -0.2) is 52.0 Å². The summed E-state index contributed by atoms with van der Waals surface area (Å²) < 4.78 is 10.1. The molecule has 0 aromatic carbocycles. The Labute approximate surface area is 96.9 Å². The molecule has 0 radical (unpaired) electrons. The predicted octanol–water partition coefficient (Wildman–Crippen LogP) is -0.0923. The third kappa shape index (κ3) is 4.08. The Morgan fingerprint density at radius 3 is 2.81 bits per heavy atom. The number of rotatable bonds is 7. The minimum absolute atomic E-state index is 0.0334. The molecule has 1 aliphatic rings. The van der Waals surface area contributed by atoms with E-state index in [4.69, 9.17) is 9.47 Å². The summed E-state index contributed by atoms with van der Waals surface area (Å²) in [5, 5.41) is 6.34. The van der Waals surface area contributed by atoms with Gasteiger partial charge in [-0.3, -0.25) is 4.79 Å². The van der Waals surface area contributed by atoms with Gasteiger partial charge in [0.25, 0.3) is 0 Å². The molecule has 0 aliphatic carbocycles. The Hall–Kier alpha value is -0.650. The second-order valence-electron chi connectivity index (χ2n) is 4.26. The lowest BCUT2D eigenvalue weighted by molar-refractivity contribution is -0.122. The van der Waals surface area contributed by atoms with Crippen molar-refractivity contribution in [2.45, 2.75) is 24.8 Å². The Kier molecular flexibility index (Phi) is 5.73. The van der Waals surface area contributed by atoms with Crippen LogP contribution >= 0.6 is 0 Å². The zero-order chi connectivity index (χ0) is 11.9. The molecule has 2 N–H and O–H groups in total. The average molecular weight is 230 g/mol. The van der Waals surface area contributed by atoms with Crippen molar-refractivity contribution in [1.82, 2.24) is 10.6 Å². The van der Waals surface area contributed by atoms with Gasteiger partial charge < -0.3 is 20.1 Å². The molecule has 1 heterocycles. The smallest absolute Gasteiger partial charge is 0.222 e. The largest absolute Gasteiger partial charge is 0.384 e. The lowest BCUT2D eigenvalue weighted by atomic mass is 9.98. The summed E-state index contributed by atoms with van der Waals surface area (Å²) in [6.07, 6.45) is 2.60. The van der Waals surface area contributed by atoms with Crippen LogP contribution in [0.15, 0.2) is 0 Å². The highest BCUT2D eigenvalue weighted by atomic mass is 16.5. The first-order chi connectivity index (χ1) is 7.72. The number of ether oxygens (including phenoxy) is 2. The van der Waals surface area contributed by atoms with Gasteiger partial charge in [-0.25, -0.2) is 0 Å². The van der Waals surface area contributed by atoms with Gasteiger partial charge in [0.2, 0.25) is 5.91 Å².